The van der Waals surface area contributed by atoms with E-state index < -0.39 is 0 Å². The van der Waals surface area contributed by atoms with Crippen LogP contribution in [-0.2, 0) is 13.0 Å². The maximum atomic E-state index is 13.0. The van der Waals surface area contributed by atoms with Crippen molar-refractivity contribution in [2.75, 3.05) is 0 Å². The van der Waals surface area contributed by atoms with E-state index in [9.17, 15) is 4.39 Å². The van der Waals surface area contributed by atoms with Gasteiger partial charge in [0.05, 0.1) is 6.04 Å². The molecule has 0 saturated heterocycles. The van der Waals surface area contributed by atoms with E-state index in [1.54, 1.807) is 12.1 Å². The first-order valence-corrected chi connectivity index (χ1v) is 8.99. The molecule has 0 amide bonds. The average molecular weight is 364 g/mol. The topological polar surface area (TPSA) is 24.1 Å². The second-order valence-electron chi connectivity index (χ2n) is 6.11. The van der Waals surface area contributed by atoms with Crippen molar-refractivity contribution in [3.05, 3.63) is 107 Å². The Bertz CT molecular complexity index is 820. The lowest BCUT2D eigenvalue weighted by Gasteiger charge is -2.22. The molecule has 0 aromatic heterocycles. The molecule has 4 heteroatoms. The second-order valence-corrected chi connectivity index (χ2v) is 6.51. The predicted molar refractivity (Wildman–Crippen MR) is 108 cm³/mol. The van der Waals surface area contributed by atoms with Gasteiger partial charge >= 0.3 is 0 Å². The minimum atomic E-state index is -0.235. The first kappa shape index (κ1) is 18.1. The van der Waals surface area contributed by atoms with Crippen LogP contribution in [0.2, 0.25) is 0 Å². The van der Waals surface area contributed by atoms with Crippen molar-refractivity contribution < 1.29 is 4.39 Å². The summed E-state index contributed by atoms with van der Waals surface area (Å²) in [6, 6.07) is 27.1. The zero-order valence-corrected chi connectivity index (χ0v) is 15.2. The third-order valence-electron chi connectivity index (χ3n) is 4.16. The molecular formula is C22H21FN2S. The van der Waals surface area contributed by atoms with E-state index in [4.69, 9.17) is 12.2 Å². The summed E-state index contributed by atoms with van der Waals surface area (Å²) < 4.78 is 13.0. The van der Waals surface area contributed by atoms with Crippen LogP contribution in [0.1, 0.15) is 22.7 Å². The maximum Gasteiger partial charge on any atom is 0.167 e. The predicted octanol–water partition coefficient (Wildman–Crippen LogP) is 4.77. The Labute approximate surface area is 159 Å². The van der Waals surface area contributed by atoms with Gasteiger partial charge in [0.1, 0.15) is 5.82 Å². The van der Waals surface area contributed by atoms with E-state index in [1.165, 1.54) is 23.3 Å². The molecular weight excluding hydrogens is 343 g/mol. The monoisotopic (exact) mass is 364 g/mol. The van der Waals surface area contributed by atoms with E-state index in [0.717, 1.165) is 12.0 Å². The minimum absolute atomic E-state index is 0.0758. The van der Waals surface area contributed by atoms with E-state index in [2.05, 4.69) is 34.9 Å². The highest BCUT2D eigenvalue weighted by molar-refractivity contribution is 7.80. The molecule has 0 unspecified atom stereocenters. The van der Waals surface area contributed by atoms with Crippen LogP contribution in [0, 0.1) is 5.82 Å². The Hall–Kier alpha value is -2.72. The zero-order valence-electron chi connectivity index (χ0n) is 14.4. The van der Waals surface area contributed by atoms with Crippen molar-refractivity contribution in [2.24, 2.45) is 0 Å². The molecule has 2 N–H and O–H groups in total. The summed E-state index contributed by atoms with van der Waals surface area (Å²) >= 11 is 5.48. The molecule has 0 aliphatic rings. The number of hydrogen-bond acceptors (Lipinski definition) is 1. The highest BCUT2D eigenvalue weighted by Crippen LogP contribution is 2.18. The third-order valence-corrected chi connectivity index (χ3v) is 4.42. The molecule has 0 spiro atoms. The Morgan fingerprint density at radius 1 is 0.808 bits per heavy atom. The molecule has 132 valence electrons. The van der Waals surface area contributed by atoms with Crippen LogP contribution in [0.15, 0.2) is 84.9 Å². The number of halogens is 1. The highest BCUT2D eigenvalue weighted by Gasteiger charge is 2.13. The fourth-order valence-corrected chi connectivity index (χ4v) is 3.00. The molecule has 26 heavy (non-hydrogen) atoms. The van der Waals surface area contributed by atoms with Gasteiger partial charge in [-0.15, -0.1) is 0 Å². The van der Waals surface area contributed by atoms with Crippen molar-refractivity contribution in [3.8, 4) is 0 Å². The summed E-state index contributed by atoms with van der Waals surface area (Å²) in [6.45, 7) is 0.555. The summed E-state index contributed by atoms with van der Waals surface area (Å²) in [7, 11) is 0. The Morgan fingerprint density at radius 2 is 1.42 bits per heavy atom. The minimum Gasteiger partial charge on any atom is -0.359 e. The van der Waals surface area contributed by atoms with Crippen LogP contribution in [0.5, 0.6) is 0 Å². The van der Waals surface area contributed by atoms with Crippen LogP contribution in [0.4, 0.5) is 4.39 Å². The Balaban J connectivity index is 1.64. The van der Waals surface area contributed by atoms with Crippen LogP contribution in [0.3, 0.4) is 0 Å². The van der Waals surface area contributed by atoms with E-state index in [0.29, 0.717) is 11.7 Å². The van der Waals surface area contributed by atoms with Gasteiger partial charge in [-0.1, -0.05) is 72.8 Å². The molecule has 0 aliphatic carbocycles. The van der Waals surface area contributed by atoms with Gasteiger partial charge in [0.25, 0.3) is 0 Å². The van der Waals surface area contributed by atoms with Gasteiger partial charge in [-0.3, -0.25) is 0 Å². The molecule has 3 rings (SSSR count). The van der Waals surface area contributed by atoms with Gasteiger partial charge < -0.3 is 10.6 Å². The van der Waals surface area contributed by atoms with Gasteiger partial charge in [0.15, 0.2) is 5.11 Å². The zero-order chi connectivity index (χ0) is 18.2. The molecule has 3 aromatic carbocycles. The van der Waals surface area contributed by atoms with E-state index >= 15 is 0 Å². The largest absolute Gasteiger partial charge is 0.359 e. The number of nitrogens with one attached hydrogen (secondary N) is 2. The molecule has 3 aromatic rings. The summed E-state index contributed by atoms with van der Waals surface area (Å²) in [5, 5.41) is 7.19. The number of rotatable bonds is 6. The number of hydrogen-bond donors (Lipinski definition) is 2. The lowest BCUT2D eigenvalue weighted by atomic mass is 9.99. The smallest absolute Gasteiger partial charge is 0.167 e. The van der Waals surface area contributed by atoms with Crippen molar-refractivity contribution >= 4 is 17.3 Å². The van der Waals surface area contributed by atoms with Gasteiger partial charge in [-0.05, 0) is 47.5 Å². The van der Waals surface area contributed by atoms with Gasteiger partial charge in [0, 0.05) is 6.54 Å². The lowest BCUT2D eigenvalue weighted by molar-refractivity contribution is 0.625. The van der Waals surface area contributed by atoms with Crippen molar-refractivity contribution in [2.45, 2.75) is 19.0 Å². The summed E-state index contributed by atoms with van der Waals surface area (Å²) in [6.07, 6.45) is 0.837. The van der Waals surface area contributed by atoms with Crippen LogP contribution in [0.25, 0.3) is 0 Å². The van der Waals surface area contributed by atoms with Gasteiger partial charge in [-0.25, -0.2) is 4.39 Å². The molecule has 2 nitrogen and oxygen atoms in total. The molecule has 1 atom stereocenters. The molecule has 0 fully saturated rings. The molecule has 0 radical (unpaired) electrons. The normalized spacial score (nSPS) is 11.6. The third kappa shape index (κ3) is 5.39. The van der Waals surface area contributed by atoms with Crippen molar-refractivity contribution in [3.63, 3.8) is 0 Å². The fraction of sp³-hybridized carbons (Fsp3) is 0.136. The Morgan fingerprint density at radius 3 is 2.08 bits per heavy atom. The first-order valence-electron chi connectivity index (χ1n) is 8.58. The second kappa shape index (κ2) is 9.11. The van der Waals surface area contributed by atoms with Gasteiger partial charge in [0.2, 0.25) is 0 Å². The van der Waals surface area contributed by atoms with Crippen molar-refractivity contribution in [1.82, 2.24) is 10.6 Å². The van der Waals surface area contributed by atoms with E-state index in [1.807, 2.05) is 36.4 Å². The standard InChI is InChI=1S/C22H21FN2S/c23-20-13-11-18(12-14-20)16-24-22(26)25-21(19-9-5-2-6-10-19)15-17-7-3-1-4-8-17/h1-14,21H,15-16H2,(H2,24,25,26)/t21-/m1/s1. The number of thiocarbonyl (C=S) groups is 1. The molecule has 0 aliphatic heterocycles. The van der Waals surface area contributed by atoms with E-state index in [-0.39, 0.29) is 11.9 Å². The summed E-state index contributed by atoms with van der Waals surface area (Å²) in [4.78, 5) is 0. The fourth-order valence-electron chi connectivity index (χ4n) is 2.78. The summed E-state index contributed by atoms with van der Waals surface area (Å²) in [5.41, 5.74) is 3.41. The first-order chi connectivity index (χ1) is 12.7. The highest BCUT2D eigenvalue weighted by atomic mass is 32.1. The quantitative estimate of drug-likeness (QED) is 0.616. The molecule has 0 heterocycles. The van der Waals surface area contributed by atoms with Crippen molar-refractivity contribution in [1.29, 1.82) is 0 Å². The summed E-state index contributed by atoms with van der Waals surface area (Å²) in [5.74, 6) is -0.235. The van der Waals surface area contributed by atoms with Crippen LogP contribution in [-0.4, -0.2) is 5.11 Å². The lowest BCUT2D eigenvalue weighted by Crippen LogP contribution is -2.38. The SMILES string of the molecule is Fc1ccc(CNC(=S)N[C@H](Cc2ccccc2)c2ccccc2)cc1. The average Bonchev–Trinajstić information content (AvgIpc) is 2.68. The van der Waals surface area contributed by atoms with Crippen LogP contribution >= 0.6 is 12.2 Å². The van der Waals surface area contributed by atoms with Gasteiger partial charge in [-0.2, -0.15) is 0 Å². The van der Waals surface area contributed by atoms with Crippen LogP contribution < -0.4 is 10.6 Å². The molecule has 0 saturated carbocycles. The Kier molecular flexibility index (Phi) is 6.34. The maximum absolute atomic E-state index is 13.0. The number of benzene rings is 3. The molecule has 0 bridgehead atoms.